The first-order valence-corrected chi connectivity index (χ1v) is 5.53. The lowest BCUT2D eigenvalue weighted by atomic mass is 9.97. The molecule has 0 atom stereocenters. The molecule has 0 spiro atoms. The lowest BCUT2D eigenvalue weighted by Crippen LogP contribution is -2.43. The second kappa shape index (κ2) is 4.56. The Hall–Kier alpha value is -2.24. The topological polar surface area (TPSA) is 87.6 Å². The van der Waals surface area contributed by atoms with Gasteiger partial charge in [-0.2, -0.15) is 0 Å². The molecular formula is C12H12N2O4. The predicted octanol–water partition coefficient (Wildman–Crippen LogP) is 1.07. The Kier molecular flexibility index (Phi) is 3.10. The van der Waals surface area contributed by atoms with E-state index in [1.165, 1.54) is 18.5 Å². The zero-order valence-electron chi connectivity index (χ0n) is 9.79. The molecule has 6 nitrogen and oxygen atoms in total. The molecule has 2 amide bonds. The molecule has 2 heterocycles. The molecule has 6 heteroatoms. The molecule has 0 aliphatic carbocycles. The number of aromatic carboxylic acids is 1. The lowest BCUT2D eigenvalue weighted by Gasteiger charge is -2.28. The highest BCUT2D eigenvalue weighted by Crippen LogP contribution is 2.27. The van der Waals surface area contributed by atoms with Crippen LogP contribution in [-0.4, -0.2) is 27.9 Å². The van der Waals surface area contributed by atoms with Crippen LogP contribution in [0.2, 0.25) is 0 Å². The van der Waals surface area contributed by atoms with Crippen molar-refractivity contribution in [2.45, 2.75) is 19.8 Å². The van der Waals surface area contributed by atoms with Crippen molar-refractivity contribution in [3.05, 3.63) is 24.0 Å². The minimum Gasteiger partial charge on any atom is -0.478 e. The van der Waals surface area contributed by atoms with Gasteiger partial charge >= 0.3 is 5.97 Å². The summed E-state index contributed by atoms with van der Waals surface area (Å²) in [5, 5.41) is 9.04. The molecular weight excluding hydrogens is 236 g/mol. The van der Waals surface area contributed by atoms with Gasteiger partial charge in [0, 0.05) is 19.0 Å². The van der Waals surface area contributed by atoms with Crippen LogP contribution >= 0.6 is 0 Å². The van der Waals surface area contributed by atoms with Gasteiger partial charge in [-0.1, -0.05) is 6.92 Å². The maximum atomic E-state index is 11.9. The quantitative estimate of drug-likeness (QED) is 0.791. The van der Waals surface area contributed by atoms with Crippen molar-refractivity contribution in [2.24, 2.45) is 5.92 Å². The van der Waals surface area contributed by atoms with Gasteiger partial charge in [-0.05, 0) is 12.0 Å². The maximum absolute atomic E-state index is 11.9. The van der Waals surface area contributed by atoms with Gasteiger partial charge in [-0.25, -0.2) is 9.69 Å². The fraction of sp³-hybridized carbons (Fsp3) is 0.333. The maximum Gasteiger partial charge on any atom is 0.337 e. The third-order valence-electron chi connectivity index (χ3n) is 2.82. The van der Waals surface area contributed by atoms with Crippen LogP contribution in [0.4, 0.5) is 5.69 Å². The second-order valence-corrected chi connectivity index (χ2v) is 4.33. The molecule has 1 N–H and O–H groups in total. The van der Waals surface area contributed by atoms with Crippen molar-refractivity contribution in [2.75, 3.05) is 4.90 Å². The lowest BCUT2D eigenvalue weighted by molar-refractivity contribution is -0.130. The summed E-state index contributed by atoms with van der Waals surface area (Å²) in [6.07, 6.45) is 3.02. The van der Waals surface area contributed by atoms with E-state index in [9.17, 15) is 14.4 Å². The van der Waals surface area contributed by atoms with Gasteiger partial charge in [-0.3, -0.25) is 14.6 Å². The molecule has 1 saturated heterocycles. The van der Waals surface area contributed by atoms with Crippen LogP contribution in [0.15, 0.2) is 18.5 Å². The standard InChI is InChI=1S/C12H12N2O4/c1-7-4-10(15)14(11(16)5-7)9-6-13-3-2-8(9)12(17)18/h2-3,6-7H,4-5H2,1H3,(H,17,18). The normalized spacial score (nSPS) is 17.1. The number of nitrogens with zero attached hydrogens (tertiary/aromatic N) is 2. The van der Waals surface area contributed by atoms with E-state index in [2.05, 4.69) is 4.98 Å². The Morgan fingerprint density at radius 2 is 2.00 bits per heavy atom. The average Bonchev–Trinajstić information content (AvgIpc) is 2.28. The number of carboxylic acids is 1. The first kappa shape index (κ1) is 12.2. The first-order chi connectivity index (χ1) is 8.50. The third kappa shape index (κ3) is 2.09. The number of carboxylic acid groups (broad SMARTS) is 1. The van der Waals surface area contributed by atoms with Crippen LogP contribution in [0, 0.1) is 5.92 Å². The van der Waals surface area contributed by atoms with Gasteiger partial charge in [0.25, 0.3) is 0 Å². The van der Waals surface area contributed by atoms with Gasteiger partial charge < -0.3 is 5.11 Å². The number of hydrogen-bond acceptors (Lipinski definition) is 4. The van der Waals surface area contributed by atoms with Crippen molar-refractivity contribution in [1.29, 1.82) is 0 Å². The van der Waals surface area contributed by atoms with E-state index in [-0.39, 0.29) is 41.8 Å². The van der Waals surface area contributed by atoms with Crippen molar-refractivity contribution in [3.63, 3.8) is 0 Å². The number of anilines is 1. The van der Waals surface area contributed by atoms with Gasteiger partial charge in [0.1, 0.15) is 0 Å². The highest BCUT2D eigenvalue weighted by Gasteiger charge is 2.33. The zero-order valence-corrected chi connectivity index (χ0v) is 9.79. The molecule has 1 aliphatic heterocycles. The second-order valence-electron chi connectivity index (χ2n) is 4.33. The predicted molar refractivity (Wildman–Crippen MR) is 62.1 cm³/mol. The summed E-state index contributed by atoms with van der Waals surface area (Å²) in [6.45, 7) is 1.81. The summed E-state index contributed by atoms with van der Waals surface area (Å²) >= 11 is 0. The molecule has 18 heavy (non-hydrogen) atoms. The highest BCUT2D eigenvalue weighted by atomic mass is 16.4. The van der Waals surface area contributed by atoms with E-state index in [4.69, 9.17) is 5.11 Å². The van der Waals surface area contributed by atoms with Gasteiger partial charge in [0.15, 0.2) is 0 Å². The molecule has 0 radical (unpaired) electrons. The van der Waals surface area contributed by atoms with E-state index in [1.807, 2.05) is 6.92 Å². The van der Waals surface area contributed by atoms with E-state index in [1.54, 1.807) is 0 Å². The molecule has 2 rings (SSSR count). The van der Waals surface area contributed by atoms with Crippen molar-refractivity contribution in [3.8, 4) is 0 Å². The Morgan fingerprint density at radius 1 is 1.39 bits per heavy atom. The molecule has 94 valence electrons. The van der Waals surface area contributed by atoms with Crippen LogP contribution in [-0.2, 0) is 9.59 Å². The monoisotopic (exact) mass is 248 g/mol. The van der Waals surface area contributed by atoms with Crippen LogP contribution in [0.25, 0.3) is 0 Å². The number of pyridine rings is 1. The van der Waals surface area contributed by atoms with Gasteiger partial charge in [0.05, 0.1) is 17.4 Å². The molecule has 1 aromatic rings. The molecule has 0 aromatic carbocycles. The molecule has 1 aliphatic rings. The smallest absolute Gasteiger partial charge is 0.337 e. The van der Waals surface area contributed by atoms with Gasteiger partial charge in [-0.15, -0.1) is 0 Å². The summed E-state index contributed by atoms with van der Waals surface area (Å²) in [5.74, 6) is -1.96. The number of piperidine rings is 1. The molecule has 1 aromatic heterocycles. The summed E-state index contributed by atoms with van der Waals surface area (Å²) in [7, 11) is 0. The summed E-state index contributed by atoms with van der Waals surface area (Å²) in [5.41, 5.74) is -0.0480. The number of carbonyl (C=O) groups is 3. The fourth-order valence-corrected chi connectivity index (χ4v) is 2.00. The first-order valence-electron chi connectivity index (χ1n) is 5.53. The largest absolute Gasteiger partial charge is 0.478 e. The van der Waals surface area contributed by atoms with Crippen molar-refractivity contribution >= 4 is 23.5 Å². The van der Waals surface area contributed by atoms with E-state index >= 15 is 0 Å². The molecule has 0 unspecified atom stereocenters. The minimum absolute atomic E-state index is 0.00815. The van der Waals surface area contributed by atoms with E-state index in [0.29, 0.717) is 0 Å². The Balaban J connectivity index is 2.45. The Labute approximate surface area is 103 Å². The van der Waals surface area contributed by atoms with E-state index in [0.717, 1.165) is 4.90 Å². The number of rotatable bonds is 2. The minimum atomic E-state index is -1.19. The number of imide groups is 1. The van der Waals surface area contributed by atoms with Gasteiger partial charge in [0.2, 0.25) is 11.8 Å². The summed E-state index contributed by atoms with van der Waals surface area (Å²) in [4.78, 5) is 39.5. The Morgan fingerprint density at radius 3 is 2.56 bits per heavy atom. The number of amides is 2. The van der Waals surface area contributed by atoms with Crippen LogP contribution in [0.5, 0.6) is 0 Å². The summed E-state index contributed by atoms with van der Waals surface area (Å²) < 4.78 is 0. The number of carbonyl (C=O) groups excluding carboxylic acids is 2. The van der Waals surface area contributed by atoms with Crippen LogP contribution in [0.3, 0.4) is 0 Å². The van der Waals surface area contributed by atoms with Crippen molar-refractivity contribution < 1.29 is 19.5 Å². The molecule has 1 fully saturated rings. The van der Waals surface area contributed by atoms with E-state index < -0.39 is 5.97 Å². The third-order valence-corrected chi connectivity index (χ3v) is 2.82. The van der Waals surface area contributed by atoms with Crippen LogP contribution in [0.1, 0.15) is 30.1 Å². The molecule has 0 bridgehead atoms. The molecule has 0 saturated carbocycles. The van der Waals surface area contributed by atoms with Crippen LogP contribution < -0.4 is 4.90 Å². The Bertz CT molecular complexity index is 509. The number of aromatic nitrogens is 1. The highest BCUT2D eigenvalue weighted by molar-refractivity contribution is 6.18. The summed E-state index contributed by atoms with van der Waals surface area (Å²) in [6, 6.07) is 1.27. The number of hydrogen-bond donors (Lipinski definition) is 1. The average molecular weight is 248 g/mol. The zero-order chi connectivity index (χ0) is 13.3. The fourth-order valence-electron chi connectivity index (χ4n) is 2.00. The SMILES string of the molecule is CC1CC(=O)N(c2cnccc2C(=O)O)C(=O)C1. The van der Waals surface area contributed by atoms with Crippen molar-refractivity contribution in [1.82, 2.24) is 4.98 Å².